The first-order valence-electron chi connectivity index (χ1n) is 6.10. The first-order valence-corrected chi connectivity index (χ1v) is 6.10. The molecule has 94 valence electrons. The first kappa shape index (κ1) is 12.5. The third-order valence-electron chi connectivity index (χ3n) is 2.88. The number of benzene rings is 1. The zero-order chi connectivity index (χ0) is 13.0. The monoisotopic (exact) mass is 243 g/mol. The molecule has 0 aliphatic heterocycles. The fourth-order valence-electron chi connectivity index (χ4n) is 1.79. The Morgan fingerprint density at radius 1 is 1.33 bits per heavy atom. The second-order valence-electron chi connectivity index (χ2n) is 4.17. The van der Waals surface area contributed by atoms with Gasteiger partial charge < -0.3 is 10.3 Å². The molecule has 0 aliphatic carbocycles. The summed E-state index contributed by atoms with van der Waals surface area (Å²) in [6.07, 6.45) is 4.35. The van der Waals surface area contributed by atoms with Crippen LogP contribution in [0.5, 0.6) is 0 Å². The van der Waals surface area contributed by atoms with Gasteiger partial charge in [0.25, 0.3) is 0 Å². The highest BCUT2D eigenvalue weighted by Gasteiger charge is 2.11. The van der Waals surface area contributed by atoms with E-state index in [-0.39, 0.29) is 5.78 Å². The number of aryl methyl sites for hydroxylation is 1. The minimum Gasteiger partial charge on any atom is -0.335 e. The Morgan fingerprint density at radius 2 is 2.06 bits per heavy atom. The molecular weight excluding hydrogens is 226 g/mol. The van der Waals surface area contributed by atoms with E-state index in [0.29, 0.717) is 24.3 Å². The van der Waals surface area contributed by atoms with Crippen molar-refractivity contribution in [2.75, 3.05) is 6.54 Å². The maximum absolute atomic E-state index is 12.2. The molecule has 0 amide bonds. The van der Waals surface area contributed by atoms with Crippen molar-refractivity contribution in [3.63, 3.8) is 0 Å². The summed E-state index contributed by atoms with van der Waals surface area (Å²) < 4.78 is 1.83. The average Bonchev–Trinajstić information content (AvgIpc) is 2.87. The molecule has 1 aromatic carbocycles. The van der Waals surface area contributed by atoms with E-state index in [1.165, 1.54) is 5.56 Å². The predicted molar refractivity (Wildman–Crippen MR) is 70.5 cm³/mol. The van der Waals surface area contributed by atoms with E-state index >= 15 is 0 Å². The highest BCUT2D eigenvalue weighted by molar-refractivity contribution is 6.07. The minimum atomic E-state index is -0.0478. The van der Waals surface area contributed by atoms with Crippen LogP contribution >= 0.6 is 0 Å². The third-order valence-corrected chi connectivity index (χ3v) is 2.88. The first-order chi connectivity index (χ1) is 8.74. The number of rotatable bonds is 5. The Morgan fingerprint density at radius 3 is 2.67 bits per heavy atom. The van der Waals surface area contributed by atoms with Gasteiger partial charge in [-0.15, -0.1) is 0 Å². The second kappa shape index (κ2) is 5.60. The van der Waals surface area contributed by atoms with Crippen LogP contribution in [0.1, 0.15) is 28.5 Å². The number of nitrogens with two attached hydrogens (primary N) is 1. The lowest BCUT2D eigenvalue weighted by Crippen LogP contribution is -2.08. The van der Waals surface area contributed by atoms with Crippen molar-refractivity contribution >= 4 is 5.78 Å². The van der Waals surface area contributed by atoms with Crippen LogP contribution in [-0.2, 0) is 13.0 Å². The van der Waals surface area contributed by atoms with Crippen molar-refractivity contribution in [2.24, 2.45) is 5.73 Å². The van der Waals surface area contributed by atoms with E-state index in [2.05, 4.69) is 11.9 Å². The summed E-state index contributed by atoms with van der Waals surface area (Å²) in [5.41, 5.74) is 7.81. The van der Waals surface area contributed by atoms with Gasteiger partial charge in [0.2, 0.25) is 5.78 Å². The summed E-state index contributed by atoms with van der Waals surface area (Å²) in [4.78, 5) is 16.3. The van der Waals surface area contributed by atoms with Gasteiger partial charge in [-0.25, -0.2) is 4.98 Å². The molecule has 0 radical (unpaired) electrons. The topological polar surface area (TPSA) is 60.9 Å². The number of aromatic nitrogens is 2. The predicted octanol–water partition coefficient (Wildman–Crippen LogP) is 1.64. The van der Waals surface area contributed by atoms with Gasteiger partial charge in [0.1, 0.15) is 5.69 Å². The highest BCUT2D eigenvalue weighted by atomic mass is 16.1. The largest absolute Gasteiger partial charge is 0.335 e. The molecule has 0 spiro atoms. The maximum atomic E-state index is 12.2. The number of hydrogen-bond acceptors (Lipinski definition) is 3. The summed E-state index contributed by atoms with van der Waals surface area (Å²) >= 11 is 0. The Hall–Kier alpha value is -1.94. The molecule has 2 aromatic rings. The summed E-state index contributed by atoms with van der Waals surface area (Å²) in [5, 5.41) is 0. The van der Waals surface area contributed by atoms with Gasteiger partial charge in [0.05, 0.1) is 6.33 Å². The fourth-order valence-corrected chi connectivity index (χ4v) is 1.79. The van der Waals surface area contributed by atoms with Crippen LogP contribution < -0.4 is 5.73 Å². The van der Waals surface area contributed by atoms with Crippen LogP contribution in [0.3, 0.4) is 0 Å². The normalized spacial score (nSPS) is 10.6. The lowest BCUT2D eigenvalue weighted by molar-refractivity contribution is 0.103. The van der Waals surface area contributed by atoms with Crippen molar-refractivity contribution in [1.29, 1.82) is 0 Å². The van der Waals surface area contributed by atoms with E-state index in [1.807, 2.05) is 28.8 Å². The molecule has 0 saturated heterocycles. The van der Waals surface area contributed by atoms with Gasteiger partial charge in [0.15, 0.2) is 0 Å². The van der Waals surface area contributed by atoms with Crippen molar-refractivity contribution in [2.45, 2.75) is 19.9 Å². The third kappa shape index (κ3) is 2.65. The standard InChI is InChI=1S/C14H17N3O/c1-2-11-3-5-12(6-4-11)14(18)13-9-17(8-7-15)10-16-13/h3-6,9-10H,2,7-8,15H2,1H3. The number of imidazole rings is 1. The zero-order valence-corrected chi connectivity index (χ0v) is 10.5. The lowest BCUT2D eigenvalue weighted by atomic mass is 10.1. The van der Waals surface area contributed by atoms with Gasteiger partial charge in [0, 0.05) is 24.8 Å². The SMILES string of the molecule is CCc1ccc(C(=O)c2cn(CCN)cn2)cc1. The number of carbonyl (C=O) groups is 1. The van der Waals surface area contributed by atoms with Crippen molar-refractivity contribution in [1.82, 2.24) is 9.55 Å². The Balaban J connectivity index is 2.18. The molecule has 0 fully saturated rings. The van der Waals surface area contributed by atoms with E-state index in [1.54, 1.807) is 12.5 Å². The molecule has 0 atom stereocenters. The van der Waals surface area contributed by atoms with Gasteiger partial charge in [-0.2, -0.15) is 0 Å². The average molecular weight is 243 g/mol. The zero-order valence-electron chi connectivity index (χ0n) is 10.5. The van der Waals surface area contributed by atoms with Gasteiger partial charge in [-0.3, -0.25) is 4.79 Å². The summed E-state index contributed by atoms with van der Waals surface area (Å²) in [5.74, 6) is -0.0478. The van der Waals surface area contributed by atoms with E-state index in [0.717, 1.165) is 6.42 Å². The van der Waals surface area contributed by atoms with Crippen LogP contribution in [-0.4, -0.2) is 21.9 Å². The molecule has 0 saturated carbocycles. The van der Waals surface area contributed by atoms with Crippen LogP contribution in [0.25, 0.3) is 0 Å². The lowest BCUT2D eigenvalue weighted by Gasteiger charge is -2.00. The van der Waals surface area contributed by atoms with Crippen LogP contribution in [0, 0.1) is 0 Å². The number of hydrogen-bond donors (Lipinski definition) is 1. The highest BCUT2D eigenvalue weighted by Crippen LogP contribution is 2.10. The molecule has 4 nitrogen and oxygen atoms in total. The van der Waals surface area contributed by atoms with Gasteiger partial charge in [-0.05, 0) is 12.0 Å². The van der Waals surface area contributed by atoms with Crippen molar-refractivity contribution in [3.05, 3.63) is 53.6 Å². The quantitative estimate of drug-likeness (QED) is 0.812. The second-order valence-corrected chi connectivity index (χ2v) is 4.17. The Kier molecular flexibility index (Phi) is 3.89. The van der Waals surface area contributed by atoms with E-state index in [9.17, 15) is 4.79 Å². The molecule has 0 aliphatic rings. The van der Waals surface area contributed by atoms with Gasteiger partial charge >= 0.3 is 0 Å². The molecule has 4 heteroatoms. The van der Waals surface area contributed by atoms with Crippen molar-refractivity contribution < 1.29 is 4.79 Å². The van der Waals surface area contributed by atoms with Gasteiger partial charge in [-0.1, -0.05) is 31.2 Å². The number of ketones is 1. The molecule has 0 bridgehead atoms. The maximum Gasteiger partial charge on any atom is 0.212 e. The molecule has 2 rings (SSSR count). The number of nitrogens with zero attached hydrogens (tertiary/aromatic N) is 2. The van der Waals surface area contributed by atoms with Crippen LogP contribution in [0.2, 0.25) is 0 Å². The minimum absolute atomic E-state index is 0.0478. The molecule has 1 aromatic heterocycles. The van der Waals surface area contributed by atoms with Crippen LogP contribution in [0.4, 0.5) is 0 Å². The summed E-state index contributed by atoms with van der Waals surface area (Å²) in [6, 6.07) is 7.65. The molecular formula is C14H17N3O. The smallest absolute Gasteiger partial charge is 0.212 e. The Labute approximate surface area is 106 Å². The van der Waals surface area contributed by atoms with E-state index < -0.39 is 0 Å². The molecule has 18 heavy (non-hydrogen) atoms. The van der Waals surface area contributed by atoms with E-state index in [4.69, 9.17) is 5.73 Å². The summed E-state index contributed by atoms with van der Waals surface area (Å²) in [6.45, 7) is 3.30. The molecule has 0 unspecified atom stereocenters. The molecule has 1 heterocycles. The molecule has 2 N–H and O–H groups in total. The fraction of sp³-hybridized carbons (Fsp3) is 0.286. The van der Waals surface area contributed by atoms with Crippen molar-refractivity contribution in [3.8, 4) is 0 Å². The number of carbonyl (C=O) groups excluding carboxylic acids is 1. The Bertz CT molecular complexity index is 528. The summed E-state index contributed by atoms with van der Waals surface area (Å²) in [7, 11) is 0. The van der Waals surface area contributed by atoms with Crippen LogP contribution in [0.15, 0.2) is 36.8 Å².